The summed E-state index contributed by atoms with van der Waals surface area (Å²) in [6, 6.07) is 11.1. The maximum absolute atomic E-state index is 4.53. The third kappa shape index (κ3) is 2.56. The Hall–Kier alpha value is -1.81. The van der Waals surface area contributed by atoms with Gasteiger partial charge in [0.2, 0.25) is 0 Å². The zero-order chi connectivity index (χ0) is 14.1. The summed E-state index contributed by atoms with van der Waals surface area (Å²) in [5.41, 5.74) is 2.38. The number of anilines is 1. The van der Waals surface area contributed by atoms with Crippen LogP contribution >= 0.6 is 0 Å². The Morgan fingerprint density at radius 1 is 0.952 bits per heavy atom. The van der Waals surface area contributed by atoms with E-state index in [1.54, 1.807) is 0 Å². The average molecular weight is 282 g/mol. The summed E-state index contributed by atoms with van der Waals surface area (Å²) < 4.78 is 1.97. The first-order valence-corrected chi connectivity index (χ1v) is 7.99. The number of nitrogens with zero attached hydrogens (tertiary/aromatic N) is 4. The minimum atomic E-state index is 0.743. The van der Waals surface area contributed by atoms with Gasteiger partial charge in [-0.05, 0) is 31.5 Å². The summed E-state index contributed by atoms with van der Waals surface area (Å²) >= 11 is 0. The van der Waals surface area contributed by atoms with Crippen LogP contribution in [-0.4, -0.2) is 46.9 Å². The number of piperazine rings is 1. The lowest BCUT2D eigenvalue weighted by Crippen LogP contribution is -2.54. The van der Waals surface area contributed by atoms with Gasteiger partial charge < -0.3 is 4.90 Å². The van der Waals surface area contributed by atoms with Crippen molar-refractivity contribution in [3.8, 4) is 5.69 Å². The number of aromatic nitrogens is 2. The molecule has 2 saturated heterocycles. The Kier molecular flexibility index (Phi) is 3.39. The number of para-hydroxylation sites is 1. The fraction of sp³-hybridized carbons (Fsp3) is 0.471. The first-order chi connectivity index (χ1) is 10.4. The van der Waals surface area contributed by atoms with Crippen LogP contribution in [0.25, 0.3) is 5.69 Å². The Labute approximate surface area is 126 Å². The van der Waals surface area contributed by atoms with Crippen molar-refractivity contribution in [1.29, 1.82) is 0 Å². The van der Waals surface area contributed by atoms with Crippen LogP contribution < -0.4 is 4.90 Å². The highest BCUT2D eigenvalue weighted by Gasteiger charge is 2.29. The number of piperidine rings is 1. The van der Waals surface area contributed by atoms with Crippen LogP contribution in [0.5, 0.6) is 0 Å². The third-order valence-electron chi connectivity index (χ3n) is 4.79. The predicted molar refractivity (Wildman–Crippen MR) is 85.0 cm³/mol. The minimum absolute atomic E-state index is 0.743. The summed E-state index contributed by atoms with van der Waals surface area (Å²) in [5.74, 6) is 0. The molecule has 3 heterocycles. The van der Waals surface area contributed by atoms with Crippen molar-refractivity contribution in [3.63, 3.8) is 0 Å². The fourth-order valence-electron chi connectivity index (χ4n) is 3.59. The number of rotatable bonds is 2. The monoisotopic (exact) mass is 282 g/mol. The van der Waals surface area contributed by atoms with Crippen LogP contribution in [0, 0.1) is 0 Å². The SMILES string of the molecule is c1ccc(-n2cc(N3CCN4CCCCC4C3)cn2)cc1. The molecule has 2 aliphatic heterocycles. The number of benzene rings is 1. The summed E-state index contributed by atoms with van der Waals surface area (Å²) in [7, 11) is 0. The molecule has 110 valence electrons. The van der Waals surface area contributed by atoms with Gasteiger partial charge in [0.05, 0.1) is 23.8 Å². The second kappa shape index (κ2) is 5.53. The molecule has 4 nitrogen and oxygen atoms in total. The molecule has 0 saturated carbocycles. The van der Waals surface area contributed by atoms with Crippen molar-refractivity contribution in [2.24, 2.45) is 0 Å². The minimum Gasteiger partial charge on any atom is -0.366 e. The molecular formula is C17H22N4. The van der Waals surface area contributed by atoms with Gasteiger partial charge in [0.25, 0.3) is 0 Å². The van der Waals surface area contributed by atoms with Crippen LogP contribution in [0.1, 0.15) is 19.3 Å². The van der Waals surface area contributed by atoms with E-state index in [0.717, 1.165) is 24.8 Å². The van der Waals surface area contributed by atoms with Crippen molar-refractivity contribution in [3.05, 3.63) is 42.7 Å². The Morgan fingerprint density at radius 2 is 1.86 bits per heavy atom. The van der Waals surface area contributed by atoms with E-state index in [9.17, 15) is 0 Å². The maximum Gasteiger partial charge on any atom is 0.0758 e. The molecule has 2 aliphatic rings. The molecule has 1 atom stereocenters. The molecule has 0 N–H and O–H groups in total. The number of hydrogen-bond donors (Lipinski definition) is 0. The highest BCUT2D eigenvalue weighted by atomic mass is 15.3. The zero-order valence-corrected chi connectivity index (χ0v) is 12.4. The fourth-order valence-corrected chi connectivity index (χ4v) is 3.59. The van der Waals surface area contributed by atoms with E-state index >= 15 is 0 Å². The highest BCUT2D eigenvalue weighted by molar-refractivity contribution is 5.46. The standard InChI is InChI=1S/C17H22N4/c1-2-6-15(7-3-1)21-14-17(12-18-21)20-11-10-19-9-5-4-8-16(19)13-20/h1-3,6-7,12,14,16H,4-5,8-11,13H2. The highest BCUT2D eigenvalue weighted by Crippen LogP contribution is 2.25. The third-order valence-corrected chi connectivity index (χ3v) is 4.79. The number of fused-ring (bicyclic) bond motifs is 1. The first kappa shape index (κ1) is 12.9. The van der Waals surface area contributed by atoms with E-state index in [1.807, 2.05) is 16.9 Å². The predicted octanol–water partition coefficient (Wildman–Crippen LogP) is 2.55. The van der Waals surface area contributed by atoms with Crippen molar-refractivity contribution in [2.45, 2.75) is 25.3 Å². The van der Waals surface area contributed by atoms with Gasteiger partial charge in [-0.3, -0.25) is 4.90 Å². The lowest BCUT2D eigenvalue weighted by atomic mass is 9.99. The summed E-state index contributed by atoms with van der Waals surface area (Å²) in [6.45, 7) is 4.76. The molecule has 0 aliphatic carbocycles. The molecule has 2 aromatic rings. The Morgan fingerprint density at radius 3 is 2.76 bits per heavy atom. The van der Waals surface area contributed by atoms with Gasteiger partial charge in [-0.15, -0.1) is 0 Å². The smallest absolute Gasteiger partial charge is 0.0758 e. The van der Waals surface area contributed by atoms with Gasteiger partial charge in [0.1, 0.15) is 0 Å². The van der Waals surface area contributed by atoms with E-state index in [-0.39, 0.29) is 0 Å². The summed E-state index contributed by atoms with van der Waals surface area (Å²) in [5, 5.41) is 4.53. The molecule has 1 aromatic heterocycles. The Bertz CT molecular complexity index is 592. The lowest BCUT2D eigenvalue weighted by Gasteiger charge is -2.44. The van der Waals surface area contributed by atoms with Gasteiger partial charge in [-0.1, -0.05) is 24.6 Å². The van der Waals surface area contributed by atoms with E-state index < -0.39 is 0 Å². The first-order valence-electron chi connectivity index (χ1n) is 7.99. The molecule has 0 spiro atoms. The molecule has 2 fully saturated rings. The van der Waals surface area contributed by atoms with E-state index in [4.69, 9.17) is 0 Å². The van der Waals surface area contributed by atoms with Crippen LogP contribution in [0.2, 0.25) is 0 Å². The lowest BCUT2D eigenvalue weighted by molar-refractivity contribution is 0.133. The molecular weight excluding hydrogens is 260 g/mol. The van der Waals surface area contributed by atoms with Crippen molar-refractivity contribution < 1.29 is 0 Å². The van der Waals surface area contributed by atoms with E-state index in [0.29, 0.717) is 0 Å². The maximum atomic E-state index is 4.53. The van der Waals surface area contributed by atoms with Gasteiger partial charge in [-0.2, -0.15) is 5.10 Å². The molecule has 0 amide bonds. The van der Waals surface area contributed by atoms with Crippen molar-refractivity contribution in [1.82, 2.24) is 14.7 Å². The normalized spacial score (nSPS) is 23.0. The molecule has 4 heteroatoms. The topological polar surface area (TPSA) is 24.3 Å². The average Bonchev–Trinajstić information content (AvgIpc) is 3.05. The van der Waals surface area contributed by atoms with E-state index in [1.165, 1.54) is 38.0 Å². The van der Waals surface area contributed by atoms with Crippen LogP contribution in [0.4, 0.5) is 5.69 Å². The van der Waals surface area contributed by atoms with Crippen LogP contribution in [-0.2, 0) is 0 Å². The quantitative estimate of drug-likeness (QED) is 0.846. The number of hydrogen-bond acceptors (Lipinski definition) is 3. The van der Waals surface area contributed by atoms with Crippen molar-refractivity contribution >= 4 is 5.69 Å². The second-order valence-corrected chi connectivity index (χ2v) is 6.11. The van der Waals surface area contributed by atoms with Gasteiger partial charge in [0.15, 0.2) is 0 Å². The second-order valence-electron chi connectivity index (χ2n) is 6.11. The van der Waals surface area contributed by atoms with E-state index in [2.05, 4.69) is 45.4 Å². The van der Waals surface area contributed by atoms with Gasteiger partial charge >= 0.3 is 0 Å². The molecule has 4 rings (SSSR count). The van der Waals surface area contributed by atoms with Gasteiger partial charge in [-0.25, -0.2) is 4.68 Å². The molecule has 0 bridgehead atoms. The summed E-state index contributed by atoms with van der Waals surface area (Å²) in [6.07, 6.45) is 8.28. The van der Waals surface area contributed by atoms with Gasteiger partial charge in [0, 0.05) is 25.7 Å². The van der Waals surface area contributed by atoms with Crippen LogP contribution in [0.15, 0.2) is 42.7 Å². The largest absolute Gasteiger partial charge is 0.366 e. The molecule has 21 heavy (non-hydrogen) atoms. The van der Waals surface area contributed by atoms with Crippen LogP contribution in [0.3, 0.4) is 0 Å². The molecule has 1 aromatic carbocycles. The molecule has 0 radical (unpaired) electrons. The zero-order valence-electron chi connectivity index (χ0n) is 12.4. The summed E-state index contributed by atoms with van der Waals surface area (Å²) in [4.78, 5) is 5.17. The molecule has 1 unspecified atom stereocenters. The van der Waals surface area contributed by atoms with Crippen molar-refractivity contribution in [2.75, 3.05) is 31.1 Å². The Balaban J connectivity index is 1.51.